The molecule has 102 valence electrons. The summed E-state index contributed by atoms with van der Waals surface area (Å²) in [6.45, 7) is 4.99. The summed E-state index contributed by atoms with van der Waals surface area (Å²) < 4.78 is 2.22. The summed E-state index contributed by atoms with van der Waals surface area (Å²) in [5, 5.41) is 3.60. The van der Waals surface area contributed by atoms with Crippen LogP contribution in [-0.2, 0) is 6.54 Å². The number of aryl methyl sites for hydroxylation is 2. The molecule has 1 aliphatic carbocycles. The van der Waals surface area contributed by atoms with Gasteiger partial charge in [-0.15, -0.1) is 11.3 Å². The third kappa shape index (κ3) is 2.81. The van der Waals surface area contributed by atoms with E-state index in [2.05, 4.69) is 39.9 Å². The van der Waals surface area contributed by atoms with E-state index in [0.717, 1.165) is 23.9 Å². The lowest BCUT2D eigenvalue weighted by molar-refractivity contribution is 0.717. The summed E-state index contributed by atoms with van der Waals surface area (Å²) in [6.07, 6.45) is 7.34. The number of imidazole rings is 1. The molecular weight excluding hydrogens is 256 g/mol. The van der Waals surface area contributed by atoms with E-state index in [0.29, 0.717) is 6.04 Å². The minimum absolute atomic E-state index is 0.600. The smallest absolute Gasteiger partial charge is 0.203 e. The van der Waals surface area contributed by atoms with Gasteiger partial charge in [-0.25, -0.2) is 9.97 Å². The van der Waals surface area contributed by atoms with Gasteiger partial charge in [-0.3, -0.25) is 0 Å². The van der Waals surface area contributed by atoms with E-state index < -0.39 is 0 Å². The van der Waals surface area contributed by atoms with Crippen LogP contribution in [0.4, 0.5) is 5.95 Å². The van der Waals surface area contributed by atoms with Crippen molar-refractivity contribution in [3.05, 3.63) is 28.0 Å². The molecule has 0 aromatic carbocycles. The second-order valence-corrected chi connectivity index (χ2v) is 6.26. The van der Waals surface area contributed by atoms with Crippen molar-refractivity contribution >= 4 is 17.3 Å². The van der Waals surface area contributed by atoms with Crippen LogP contribution < -0.4 is 5.32 Å². The van der Waals surface area contributed by atoms with Crippen LogP contribution in [0.2, 0.25) is 0 Å². The van der Waals surface area contributed by atoms with Crippen LogP contribution in [0, 0.1) is 13.8 Å². The Balaban J connectivity index is 1.78. The molecular formula is C14H20N4S. The Labute approximate surface area is 117 Å². The van der Waals surface area contributed by atoms with Gasteiger partial charge >= 0.3 is 0 Å². The number of nitrogens with zero attached hydrogens (tertiary/aromatic N) is 3. The molecule has 2 aromatic heterocycles. The summed E-state index contributed by atoms with van der Waals surface area (Å²) in [6, 6.07) is 0.600. The fourth-order valence-corrected chi connectivity index (χ4v) is 3.44. The van der Waals surface area contributed by atoms with Crippen LogP contribution in [-0.4, -0.2) is 20.6 Å². The molecule has 0 atom stereocenters. The highest BCUT2D eigenvalue weighted by atomic mass is 32.1. The van der Waals surface area contributed by atoms with E-state index in [9.17, 15) is 0 Å². The van der Waals surface area contributed by atoms with Crippen molar-refractivity contribution in [3.8, 4) is 0 Å². The lowest BCUT2D eigenvalue weighted by Crippen LogP contribution is -2.18. The molecule has 0 spiro atoms. The van der Waals surface area contributed by atoms with Crippen LogP contribution in [0.15, 0.2) is 11.7 Å². The first-order chi connectivity index (χ1) is 9.22. The van der Waals surface area contributed by atoms with Gasteiger partial charge in [0.2, 0.25) is 5.95 Å². The zero-order valence-corrected chi connectivity index (χ0v) is 12.3. The lowest BCUT2D eigenvalue weighted by Gasteiger charge is -2.14. The maximum absolute atomic E-state index is 4.62. The maximum atomic E-state index is 4.62. The average Bonchev–Trinajstić information content (AvgIpc) is 3.06. The Bertz CT molecular complexity index is 552. The van der Waals surface area contributed by atoms with E-state index in [1.807, 2.05) is 5.51 Å². The van der Waals surface area contributed by atoms with Crippen LogP contribution in [0.3, 0.4) is 0 Å². The monoisotopic (exact) mass is 276 g/mol. The first-order valence-electron chi connectivity index (χ1n) is 6.91. The molecule has 1 saturated carbocycles. The highest BCUT2D eigenvalue weighted by Crippen LogP contribution is 2.23. The van der Waals surface area contributed by atoms with Crippen molar-refractivity contribution < 1.29 is 0 Å². The van der Waals surface area contributed by atoms with Gasteiger partial charge in [-0.05, 0) is 26.7 Å². The van der Waals surface area contributed by atoms with Crippen LogP contribution in [0.25, 0.3) is 0 Å². The molecule has 1 N–H and O–H groups in total. The number of hydrogen-bond acceptors (Lipinski definition) is 4. The molecule has 0 bridgehead atoms. The fourth-order valence-electron chi connectivity index (χ4n) is 2.67. The van der Waals surface area contributed by atoms with Crippen LogP contribution >= 0.6 is 11.3 Å². The molecule has 2 heterocycles. The predicted molar refractivity (Wildman–Crippen MR) is 78.8 cm³/mol. The highest BCUT2D eigenvalue weighted by Gasteiger charge is 2.17. The van der Waals surface area contributed by atoms with Gasteiger partial charge in [0.15, 0.2) is 0 Å². The summed E-state index contributed by atoms with van der Waals surface area (Å²) >= 11 is 1.72. The molecule has 19 heavy (non-hydrogen) atoms. The summed E-state index contributed by atoms with van der Waals surface area (Å²) in [7, 11) is 0. The van der Waals surface area contributed by atoms with Gasteiger partial charge in [-0.1, -0.05) is 12.8 Å². The predicted octanol–water partition coefficient (Wildman–Crippen LogP) is 3.36. The standard InChI is InChI=1S/C14H20N4S/c1-10-7-18(8-13-11(2)15-9-19-13)14(16-10)17-12-5-3-4-6-12/h7,9,12H,3-6,8H2,1-2H3,(H,16,17). The Hall–Kier alpha value is -1.36. The third-order valence-electron chi connectivity index (χ3n) is 3.74. The third-order valence-corrected chi connectivity index (χ3v) is 4.66. The molecule has 0 aliphatic heterocycles. The number of anilines is 1. The van der Waals surface area contributed by atoms with Gasteiger partial charge in [0.05, 0.1) is 23.4 Å². The van der Waals surface area contributed by atoms with Crippen molar-refractivity contribution in [1.29, 1.82) is 0 Å². The molecule has 0 saturated heterocycles. The average molecular weight is 276 g/mol. The fraction of sp³-hybridized carbons (Fsp3) is 0.571. The number of nitrogens with one attached hydrogen (secondary N) is 1. The maximum Gasteiger partial charge on any atom is 0.203 e. The minimum atomic E-state index is 0.600. The second kappa shape index (κ2) is 5.33. The van der Waals surface area contributed by atoms with Gasteiger partial charge in [0.1, 0.15) is 0 Å². The summed E-state index contributed by atoms with van der Waals surface area (Å²) in [4.78, 5) is 10.2. The normalized spacial score (nSPS) is 16.1. The Kier molecular flexibility index (Phi) is 3.55. The van der Waals surface area contributed by atoms with Crippen LogP contribution in [0.5, 0.6) is 0 Å². The summed E-state index contributed by atoms with van der Waals surface area (Å²) in [5.41, 5.74) is 4.12. The zero-order valence-electron chi connectivity index (χ0n) is 11.5. The van der Waals surface area contributed by atoms with E-state index >= 15 is 0 Å². The molecule has 0 radical (unpaired) electrons. The van der Waals surface area contributed by atoms with Gasteiger partial charge in [0.25, 0.3) is 0 Å². The van der Waals surface area contributed by atoms with E-state index in [4.69, 9.17) is 0 Å². The minimum Gasteiger partial charge on any atom is -0.353 e. The quantitative estimate of drug-likeness (QED) is 0.931. The SMILES string of the molecule is Cc1cn(Cc2scnc2C)c(NC2CCCC2)n1. The van der Waals surface area contributed by atoms with Crippen LogP contribution in [0.1, 0.15) is 41.9 Å². The Morgan fingerprint density at radius 3 is 2.84 bits per heavy atom. The highest BCUT2D eigenvalue weighted by molar-refractivity contribution is 7.09. The number of thiazole rings is 1. The molecule has 1 aliphatic rings. The van der Waals surface area contributed by atoms with E-state index in [-0.39, 0.29) is 0 Å². The number of rotatable bonds is 4. The zero-order chi connectivity index (χ0) is 13.2. The molecule has 0 unspecified atom stereocenters. The van der Waals surface area contributed by atoms with Crippen molar-refractivity contribution in [1.82, 2.24) is 14.5 Å². The summed E-state index contributed by atoms with van der Waals surface area (Å²) in [5.74, 6) is 1.01. The number of hydrogen-bond donors (Lipinski definition) is 1. The first-order valence-corrected chi connectivity index (χ1v) is 7.79. The lowest BCUT2D eigenvalue weighted by atomic mass is 10.2. The molecule has 2 aromatic rings. The molecule has 4 nitrogen and oxygen atoms in total. The molecule has 0 amide bonds. The largest absolute Gasteiger partial charge is 0.353 e. The molecule has 3 rings (SSSR count). The van der Waals surface area contributed by atoms with Crippen molar-refractivity contribution in [3.63, 3.8) is 0 Å². The first kappa shape index (κ1) is 12.7. The van der Waals surface area contributed by atoms with Gasteiger partial charge in [0, 0.05) is 17.1 Å². The van der Waals surface area contributed by atoms with Gasteiger partial charge < -0.3 is 9.88 Å². The molecule has 5 heteroatoms. The second-order valence-electron chi connectivity index (χ2n) is 5.32. The van der Waals surface area contributed by atoms with Crippen molar-refractivity contribution in [2.75, 3.05) is 5.32 Å². The topological polar surface area (TPSA) is 42.7 Å². The van der Waals surface area contributed by atoms with Crippen molar-refractivity contribution in [2.24, 2.45) is 0 Å². The Morgan fingerprint density at radius 2 is 2.16 bits per heavy atom. The molecule has 1 fully saturated rings. The van der Waals surface area contributed by atoms with E-state index in [1.165, 1.54) is 30.6 Å². The van der Waals surface area contributed by atoms with Gasteiger partial charge in [-0.2, -0.15) is 0 Å². The van der Waals surface area contributed by atoms with E-state index in [1.54, 1.807) is 11.3 Å². The van der Waals surface area contributed by atoms with Crippen molar-refractivity contribution in [2.45, 2.75) is 52.1 Å². The Morgan fingerprint density at radius 1 is 1.37 bits per heavy atom. The number of aromatic nitrogens is 3.